The SMILES string of the molecule is CC(C)(C)[S@](=O)N(O)c1ccc2ccccc2c1. The molecule has 0 spiro atoms. The first kappa shape index (κ1) is 13.1. The predicted molar refractivity (Wildman–Crippen MR) is 76.1 cm³/mol. The zero-order chi connectivity index (χ0) is 13.3. The van der Waals surface area contributed by atoms with E-state index in [1.165, 1.54) is 0 Å². The maximum absolute atomic E-state index is 12.1. The third kappa shape index (κ3) is 2.54. The maximum Gasteiger partial charge on any atom is 0.149 e. The standard InChI is InChI=1S/C14H17NO2S/c1-14(2,3)18(17)15(16)13-9-8-11-6-4-5-7-12(11)10-13/h4-10,16H,1-3H3/t18-/m0/s1. The highest BCUT2D eigenvalue weighted by Gasteiger charge is 2.25. The molecule has 0 radical (unpaired) electrons. The Bertz CT molecular complexity index is 590. The molecule has 4 heteroatoms. The van der Waals surface area contributed by atoms with Crippen molar-refractivity contribution < 1.29 is 9.42 Å². The van der Waals surface area contributed by atoms with Gasteiger partial charge in [-0.05, 0) is 43.7 Å². The van der Waals surface area contributed by atoms with Crippen LogP contribution >= 0.6 is 0 Å². The average molecular weight is 263 g/mol. The van der Waals surface area contributed by atoms with Crippen molar-refractivity contribution in [1.82, 2.24) is 0 Å². The summed E-state index contributed by atoms with van der Waals surface area (Å²) in [6.45, 7) is 5.48. The zero-order valence-electron chi connectivity index (χ0n) is 10.8. The number of rotatable bonds is 2. The summed E-state index contributed by atoms with van der Waals surface area (Å²) in [5.74, 6) is 0. The van der Waals surface area contributed by atoms with Gasteiger partial charge in [0, 0.05) is 0 Å². The van der Waals surface area contributed by atoms with Gasteiger partial charge < -0.3 is 0 Å². The van der Waals surface area contributed by atoms with Crippen molar-refractivity contribution in [3.05, 3.63) is 42.5 Å². The highest BCUT2D eigenvalue weighted by Crippen LogP contribution is 2.25. The summed E-state index contributed by atoms with van der Waals surface area (Å²) in [6, 6.07) is 13.4. The van der Waals surface area contributed by atoms with Crippen LogP contribution in [0.15, 0.2) is 42.5 Å². The second kappa shape index (κ2) is 4.71. The van der Waals surface area contributed by atoms with Crippen molar-refractivity contribution in [2.45, 2.75) is 25.5 Å². The molecule has 96 valence electrons. The molecule has 2 rings (SSSR count). The third-order valence-corrected chi connectivity index (χ3v) is 4.21. The first-order chi connectivity index (χ1) is 8.39. The monoisotopic (exact) mass is 263 g/mol. The van der Waals surface area contributed by atoms with Gasteiger partial charge in [-0.2, -0.15) is 4.47 Å². The number of nitrogens with zero attached hydrogens (tertiary/aromatic N) is 1. The molecule has 0 saturated heterocycles. The van der Waals surface area contributed by atoms with Gasteiger partial charge in [-0.15, -0.1) is 0 Å². The fourth-order valence-corrected chi connectivity index (χ4v) is 2.47. The Kier molecular flexibility index (Phi) is 3.41. The van der Waals surface area contributed by atoms with E-state index < -0.39 is 15.7 Å². The molecule has 0 unspecified atom stereocenters. The fraction of sp³-hybridized carbons (Fsp3) is 0.286. The Morgan fingerprint density at radius 1 is 1.06 bits per heavy atom. The van der Waals surface area contributed by atoms with E-state index in [1.807, 2.05) is 57.2 Å². The molecule has 2 aromatic carbocycles. The summed E-state index contributed by atoms with van der Waals surface area (Å²) in [5, 5.41) is 12.1. The van der Waals surface area contributed by atoms with E-state index in [9.17, 15) is 9.42 Å². The lowest BCUT2D eigenvalue weighted by Crippen LogP contribution is -2.35. The molecular formula is C14H17NO2S. The number of hydrogen-bond donors (Lipinski definition) is 1. The minimum atomic E-state index is -1.49. The maximum atomic E-state index is 12.1. The van der Waals surface area contributed by atoms with Gasteiger partial charge in [0.1, 0.15) is 11.0 Å². The molecule has 0 aliphatic heterocycles. The topological polar surface area (TPSA) is 40.5 Å². The molecule has 0 heterocycles. The van der Waals surface area contributed by atoms with Crippen molar-refractivity contribution >= 4 is 27.4 Å². The van der Waals surface area contributed by atoms with Crippen LogP contribution in [0.3, 0.4) is 0 Å². The molecule has 0 bridgehead atoms. The quantitative estimate of drug-likeness (QED) is 0.842. The summed E-state index contributed by atoms with van der Waals surface area (Å²) in [5.41, 5.74) is 0.543. The van der Waals surface area contributed by atoms with Crippen molar-refractivity contribution in [2.24, 2.45) is 0 Å². The molecule has 0 amide bonds. The van der Waals surface area contributed by atoms with E-state index in [0.29, 0.717) is 5.69 Å². The lowest BCUT2D eigenvalue weighted by atomic mass is 10.1. The molecular weight excluding hydrogens is 246 g/mol. The van der Waals surface area contributed by atoms with Crippen molar-refractivity contribution in [3.8, 4) is 0 Å². The van der Waals surface area contributed by atoms with E-state index in [0.717, 1.165) is 15.2 Å². The van der Waals surface area contributed by atoms with Gasteiger partial charge in [0.05, 0.1) is 10.4 Å². The molecule has 0 aliphatic rings. The van der Waals surface area contributed by atoms with Crippen LogP contribution in [0.2, 0.25) is 0 Å². The first-order valence-electron chi connectivity index (χ1n) is 5.79. The Hall–Kier alpha value is -1.39. The minimum Gasteiger partial charge on any atom is -0.276 e. The molecule has 0 saturated carbocycles. The summed E-state index contributed by atoms with van der Waals surface area (Å²) < 4.78 is 12.4. The Morgan fingerprint density at radius 3 is 2.28 bits per heavy atom. The smallest absolute Gasteiger partial charge is 0.149 e. The highest BCUT2D eigenvalue weighted by atomic mass is 32.2. The Morgan fingerprint density at radius 2 is 1.67 bits per heavy atom. The van der Waals surface area contributed by atoms with Crippen LogP contribution < -0.4 is 4.47 Å². The van der Waals surface area contributed by atoms with Crippen LogP contribution in [0.5, 0.6) is 0 Å². The lowest BCUT2D eigenvalue weighted by Gasteiger charge is -2.25. The van der Waals surface area contributed by atoms with Crippen LogP contribution in [0.25, 0.3) is 10.8 Å². The summed E-state index contributed by atoms with van der Waals surface area (Å²) >= 11 is 0. The van der Waals surface area contributed by atoms with Crippen molar-refractivity contribution in [3.63, 3.8) is 0 Å². The van der Waals surface area contributed by atoms with E-state index in [4.69, 9.17) is 0 Å². The number of anilines is 1. The molecule has 0 aromatic heterocycles. The largest absolute Gasteiger partial charge is 0.276 e. The zero-order valence-corrected chi connectivity index (χ0v) is 11.6. The van der Waals surface area contributed by atoms with Crippen LogP contribution in [0.1, 0.15) is 20.8 Å². The van der Waals surface area contributed by atoms with Gasteiger partial charge in [-0.1, -0.05) is 30.3 Å². The summed E-state index contributed by atoms with van der Waals surface area (Å²) in [4.78, 5) is 0. The predicted octanol–water partition coefficient (Wildman–Crippen LogP) is 3.50. The molecule has 18 heavy (non-hydrogen) atoms. The Labute approximate surface area is 110 Å². The second-order valence-electron chi connectivity index (χ2n) is 5.17. The molecule has 3 nitrogen and oxygen atoms in total. The van der Waals surface area contributed by atoms with Gasteiger partial charge in [0.2, 0.25) is 0 Å². The lowest BCUT2D eigenvalue weighted by molar-refractivity contribution is 0.322. The molecule has 0 aliphatic carbocycles. The fourth-order valence-electron chi connectivity index (χ4n) is 1.65. The van der Waals surface area contributed by atoms with E-state index >= 15 is 0 Å². The van der Waals surface area contributed by atoms with E-state index in [-0.39, 0.29) is 0 Å². The second-order valence-corrected chi connectivity index (χ2v) is 7.23. The van der Waals surface area contributed by atoms with Crippen LogP contribution in [0.4, 0.5) is 5.69 Å². The van der Waals surface area contributed by atoms with E-state index in [1.54, 1.807) is 6.07 Å². The van der Waals surface area contributed by atoms with Crippen molar-refractivity contribution in [1.29, 1.82) is 0 Å². The summed E-state index contributed by atoms with van der Waals surface area (Å²) in [7, 11) is -1.49. The highest BCUT2D eigenvalue weighted by molar-refractivity contribution is 7.87. The van der Waals surface area contributed by atoms with Gasteiger partial charge in [0.15, 0.2) is 0 Å². The Balaban J connectivity index is 2.39. The third-order valence-electron chi connectivity index (χ3n) is 2.63. The van der Waals surface area contributed by atoms with Gasteiger partial charge in [0.25, 0.3) is 0 Å². The van der Waals surface area contributed by atoms with Crippen molar-refractivity contribution in [2.75, 3.05) is 4.47 Å². The van der Waals surface area contributed by atoms with Gasteiger partial charge >= 0.3 is 0 Å². The van der Waals surface area contributed by atoms with Crippen LogP contribution in [-0.2, 0) is 11.0 Å². The van der Waals surface area contributed by atoms with Crippen LogP contribution in [-0.4, -0.2) is 14.2 Å². The molecule has 0 fully saturated rings. The number of benzene rings is 2. The average Bonchev–Trinajstić information content (AvgIpc) is 2.35. The van der Waals surface area contributed by atoms with E-state index in [2.05, 4.69) is 0 Å². The minimum absolute atomic E-state index is 0.500. The van der Waals surface area contributed by atoms with Gasteiger partial charge in [-0.3, -0.25) is 5.21 Å². The number of fused-ring (bicyclic) bond motifs is 1. The first-order valence-corrected chi connectivity index (χ1v) is 6.90. The normalized spacial score (nSPS) is 13.6. The molecule has 1 atom stereocenters. The van der Waals surface area contributed by atoms with Crippen LogP contribution in [0, 0.1) is 0 Å². The number of hydrogen-bond acceptors (Lipinski definition) is 2. The molecule has 2 aromatic rings. The summed E-state index contributed by atoms with van der Waals surface area (Å²) in [6.07, 6.45) is 0. The molecule has 1 N–H and O–H groups in total. The van der Waals surface area contributed by atoms with Gasteiger partial charge in [-0.25, -0.2) is 4.21 Å².